The summed E-state index contributed by atoms with van der Waals surface area (Å²) in [5.74, 6) is -1.84. The molecular weight excluding hydrogens is 362 g/mol. The fourth-order valence-corrected chi connectivity index (χ4v) is 4.07. The van der Waals surface area contributed by atoms with Crippen molar-refractivity contribution in [1.82, 2.24) is 4.31 Å². The number of hydrogen-bond donors (Lipinski definition) is 1. The van der Waals surface area contributed by atoms with Crippen LogP contribution in [0, 0.1) is 5.92 Å². The van der Waals surface area contributed by atoms with Gasteiger partial charge in [-0.05, 0) is 31.0 Å². The van der Waals surface area contributed by atoms with Crippen LogP contribution in [0.2, 0.25) is 0 Å². The minimum atomic E-state index is -4.87. The van der Waals surface area contributed by atoms with Crippen molar-refractivity contribution in [1.29, 1.82) is 0 Å². The number of rotatable bonds is 2. The van der Waals surface area contributed by atoms with E-state index < -0.39 is 51.0 Å². The van der Waals surface area contributed by atoms with Crippen molar-refractivity contribution in [2.45, 2.75) is 30.1 Å². The van der Waals surface area contributed by atoms with Gasteiger partial charge in [-0.3, -0.25) is 0 Å². The molecule has 1 aromatic rings. The van der Waals surface area contributed by atoms with Gasteiger partial charge in [-0.15, -0.1) is 0 Å². The molecule has 1 unspecified atom stereocenters. The predicted molar refractivity (Wildman–Crippen MR) is 73.4 cm³/mol. The molecule has 136 valence electrons. The minimum Gasteiger partial charge on any atom is -0.398 e. The van der Waals surface area contributed by atoms with Crippen LogP contribution < -0.4 is 5.73 Å². The molecular formula is C13H14F6N2O2S. The third-order valence-electron chi connectivity index (χ3n) is 3.81. The molecule has 0 spiro atoms. The molecule has 1 aliphatic rings. The lowest BCUT2D eigenvalue weighted by molar-refractivity contribution is -0.182. The van der Waals surface area contributed by atoms with E-state index in [1.54, 1.807) is 0 Å². The van der Waals surface area contributed by atoms with Crippen LogP contribution in [0.15, 0.2) is 23.1 Å². The van der Waals surface area contributed by atoms with Crippen molar-refractivity contribution in [2.75, 3.05) is 18.8 Å². The van der Waals surface area contributed by atoms with E-state index in [1.807, 2.05) is 0 Å². The number of nitrogen functional groups attached to an aromatic ring is 1. The number of benzene rings is 1. The van der Waals surface area contributed by atoms with Gasteiger partial charge in [-0.1, -0.05) is 0 Å². The molecule has 24 heavy (non-hydrogen) atoms. The van der Waals surface area contributed by atoms with Crippen molar-refractivity contribution >= 4 is 15.7 Å². The van der Waals surface area contributed by atoms with Gasteiger partial charge in [0, 0.05) is 18.8 Å². The number of alkyl halides is 6. The van der Waals surface area contributed by atoms with Crippen molar-refractivity contribution in [3.8, 4) is 0 Å². The molecule has 1 saturated heterocycles. The lowest BCUT2D eigenvalue weighted by Gasteiger charge is -2.33. The monoisotopic (exact) mass is 376 g/mol. The Bertz CT molecular complexity index is 714. The fraction of sp³-hybridized carbons (Fsp3) is 0.538. The lowest BCUT2D eigenvalue weighted by Crippen LogP contribution is -2.44. The molecule has 4 nitrogen and oxygen atoms in total. The maximum Gasteiger partial charge on any atom is 0.418 e. The van der Waals surface area contributed by atoms with Gasteiger partial charge in [0.05, 0.1) is 16.4 Å². The van der Waals surface area contributed by atoms with Crippen LogP contribution in [0.1, 0.15) is 18.4 Å². The van der Waals surface area contributed by atoms with E-state index in [1.165, 1.54) is 0 Å². The Morgan fingerprint density at radius 1 is 1.12 bits per heavy atom. The lowest BCUT2D eigenvalue weighted by atomic mass is 9.99. The Balaban J connectivity index is 2.37. The summed E-state index contributed by atoms with van der Waals surface area (Å²) < 4.78 is 102. The number of halogens is 6. The molecule has 1 aromatic carbocycles. The summed E-state index contributed by atoms with van der Waals surface area (Å²) in [4.78, 5) is -0.730. The summed E-state index contributed by atoms with van der Waals surface area (Å²) in [5, 5.41) is 0. The van der Waals surface area contributed by atoms with Gasteiger partial charge < -0.3 is 5.73 Å². The summed E-state index contributed by atoms with van der Waals surface area (Å²) in [6.07, 6.45) is -9.67. The highest BCUT2D eigenvalue weighted by molar-refractivity contribution is 7.89. The third kappa shape index (κ3) is 3.77. The number of nitrogens with zero attached hydrogens (tertiary/aromatic N) is 1. The van der Waals surface area contributed by atoms with Crippen molar-refractivity contribution in [3.63, 3.8) is 0 Å². The van der Waals surface area contributed by atoms with E-state index in [4.69, 9.17) is 5.73 Å². The molecule has 0 amide bonds. The van der Waals surface area contributed by atoms with Crippen molar-refractivity contribution in [2.24, 2.45) is 5.92 Å². The maximum atomic E-state index is 12.8. The van der Waals surface area contributed by atoms with Gasteiger partial charge in [0.2, 0.25) is 10.0 Å². The first-order valence-electron chi connectivity index (χ1n) is 6.87. The zero-order valence-electron chi connectivity index (χ0n) is 12.2. The van der Waals surface area contributed by atoms with Crippen LogP contribution >= 0.6 is 0 Å². The summed E-state index contributed by atoms with van der Waals surface area (Å²) in [7, 11) is -4.48. The maximum absolute atomic E-state index is 12.8. The average Bonchev–Trinajstić information content (AvgIpc) is 2.45. The quantitative estimate of drug-likeness (QED) is 0.637. The number of nitrogens with two attached hydrogens (primary N) is 1. The van der Waals surface area contributed by atoms with E-state index in [0.29, 0.717) is 10.4 Å². The zero-order chi connectivity index (χ0) is 18.3. The van der Waals surface area contributed by atoms with Crippen LogP contribution in [-0.4, -0.2) is 32.0 Å². The summed E-state index contributed by atoms with van der Waals surface area (Å²) in [5.41, 5.74) is 3.20. The van der Waals surface area contributed by atoms with Crippen LogP contribution in [0.25, 0.3) is 0 Å². The van der Waals surface area contributed by atoms with Gasteiger partial charge >= 0.3 is 12.4 Å². The van der Waals surface area contributed by atoms with E-state index in [0.717, 1.165) is 12.1 Å². The normalized spacial score (nSPS) is 21.0. The SMILES string of the molecule is Nc1ccc(S(=O)(=O)N2CCCC(C(F)(F)F)C2)cc1C(F)(F)F. The topological polar surface area (TPSA) is 63.4 Å². The second kappa shape index (κ2) is 6.10. The molecule has 0 aliphatic carbocycles. The van der Waals surface area contributed by atoms with Gasteiger partial charge in [0.1, 0.15) is 0 Å². The van der Waals surface area contributed by atoms with E-state index in [-0.39, 0.29) is 19.4 Å². The molecule has 0 saturated carbocycles. The van der Waals surface area contributed by atoms with Crippen LogP contribution in [-0.2, 0) is 16.2 Å². The summed E-state index contributed by atoms with van der Waals surface area (Å²) >= 11 is 0. The molecule has 0 aromatic heterocycles. The second-order valence-corrected chi connectivity index (χ2v) is 7.43. The Hall–Kier alpha value is -1.49. The molecule has 1 atom stereocenters. The fourth-order valence-electron chi connectivity index (χ4n) is 2.52. The van der Waals surface area contributed by atoms with Gasteiger partial charge in [-0.2, -0.15) is 30.6 Å². The number of hydrogen-bond acceptors (Lipinski definition) is 3. The second-order valence-electron chi connectivity index (χ2n) is 5.49. The molecule has 2 rings (SSSR count). The molecule has 1 heterocycles. The molecule has 1 aliphatic heterocycles. The number of piperidine rings is 1. The molecule has 0 radical (unpaired) electrons. The van der Waals surface area contributed by atoms with E-state index >= 15 is 0 Å². The third-order valence-corrected chi connectivity index (χ3v) is 5.68. The summed E-state index contributed by atoms with van der Waals surface area (Å²) in [6, 6.07) is 1.99. The average molecular weight is 376 g/mol. The number of sulfonamides is 1. The molecule has 11 heteroatoms. The van der Waals surface area contributed by atoms with Gasteiger partial charge in [0.15, 0.2) is 0 Å². The van der Waals surface area contributed by atoms with E-state index in [2.05, 4.69) is 0 Å². The van der Waals surface area contributed by atoms with Crippen LogP contribution in [0.5, 0.6) is 0 Å². The Labute approximate surface area is 134 Å². The Kier molecular flexibility index (Phi) is 4.79. The van der Waals surface area contributed by atoms with Crippen molar-refractivity contribution in [3.05, 3.63) is 23.8 Å². The van der Waals surface area contributed by atoms with E-state index in [9.17, 15) is 34.8 Å². The Morgan fingerprint density at radius 2 is 1.75 bits per heavy atom. The molecule has 2 N–H and O–H groups in total. The smallest absolute Gasteiger partial charge is 0.398 e. The summed E-state index contributed by atoms with van der Waals surface area (Å²) in [6.45, 7) is -0.988. The highest BCUT2D eigenvalue weighted by Crippen LogP contribution is 2.37. The largest absolute Gasteiger partial charge is 0.418 e. The van der Waals surface area contributed by atoms with Gasteiger partial charge in [0.25, 0.3) is 0 Å². The Morgan fingerprint density at radius 3 is 2.29 bits per heavy atom. The minimum absolute atomic E-state index is 0.0233. The first-order chi connectivity index (χ1) is 10.8. The van der Waals surface area contributed by atoms with Crippen LogP contribution in [0.3, 0.4) is 0 Å². The highest BCUT2D eigenvalue weighted by Gasteiger charge is 2.44. The molecule has 1 fully saturated rings. The highest BCUT2D eigenvalue weighted by atomic mass is 32.2. The van der Waals surface area contributed by atoms with Crippen LogP contribution in [0.4, 0.5) is 32.0 Å². The zero-order valence-corrected chi connectivity index (χ0v) is 13.0. The first kappa shape index (κ1) is 18.8. The van der Waals surface area contributed by atoms with Crippen molar-refractivity contribution < 1.29 is 34.8 Å². The standard InChI is InChI=1S/C13H14F6N2O2S/c14-12(15,16)8-2-1-5-21(7-8)24(22,23)9-3-4-11(20)10(6-9)13(17,18)19/h3-4,6,8H,1-2,5,7,20H2. The predicted octanol–water partition coefficient (Wildman–Crippen LogP) is 3.25. The van der Waals surface area contributed by atoms with Gasteiger partial charge in [-0.25, -0.2) is 8.42 Å². The first-order valence-corrected chi connectivity index (χ1v) is 8.31. The number of anilines is 1. The molecule has 0 bridgehead atoms.